The number of benzene rings is 4. The molecule has 0 spiro atoms. The molecular weight excluding hydrogens is 1870 g/mol. The van der Waals surface area contributed by atoms with Crippen molar-refractivity contribution in [2.75, 3.05) is 98.2 Å². The number of esters is 1. The second-order valence-electron chi connectivity index (χ2n) is 38.8. The number of nitrogens with zero attached hydrogens (tertiary/aromatic N) is 10. The number of imide groups is 1. The normalized spacial score (nSPS) is 22.7. The number of hydrogen-bond donors (Lipinski definition) is 6. The lowest BCUT2D eigenvalue weighted by Gasteiger charge is -2.42. The minimum Gasteiger partial charge on any atom is -0.495 e. The van der Waals surface area contributed by atoms with Crippen LogP contribution in [0.2, 0.25) is 10.0 Å². The maximum atomic E-state index is 15.5. The van der Waals surface area contributed by atoms with Crippen molar-refractivity contribution in [3.63, 3.8) is 0 Å². The summed E-state index contributed by atoms with van der Waals surface area (Å²) in [7, 11) is 6.00. The van der Waals surface area contributed by atoms with E-state index < -0.39 is 76.0 Å². The number of amides is 8. The van der Waals surface area contributed by atoms with Gasteiger partial charge in [0.2, 0.25) is 35.4 Å². The molecule has 3 aliphatic carbocycles. The predicted octanol–water partition coefficient (Wildman–Crippen LogP) is 14.4. The van der Waals surface area contributed by atoms with E-state index in [1.54, 1.807) is 55.9 Å². The molecule has 3 aliphatic heterocycles. The molecule has 4 bridgehead atoms. The van der Waals surface area contributed by atoms with Crippen LogP contribution in [0, 0.1) is 29.1 Å². The Kier molecular flexibility index (Phi) is 38.0. The van der Waals surface area contributed by atoms with Gasteiger partial charge in [0.1, 0.15) is 52.5 Å². The number of carbonyl (C=O) groups excluding carboxylic acids is 9. The molecule has 8 amide bonds. The summed E-state index contributed by atoms with van der Waals surface area (Å²) in [4.78, 5) is 162. The number of thioether (sulfide) groups is 1. The second-order valence-corrected chi connectivity index (χ2v) is 40.9. The van der Waals surface area contributed by atoms with Gasteiger partial charge in [-0.25, -0.2) is 19.6 Å². The fraction of sp³-hybridized carbons (Fsp3) is 0.505. The molecule has 5 fully saturated rings. The number of aliphatic hydroxyl groups is 1. The molecule has 4 aromatic heterocycles. The number of rotatable bonds is 44. The Balaban J connectivity index is 0.496. The van der Waals surface area contributed by atoms with Crippen LogP contribution in [0.1, 0.15) is 192 Å². The van der Waals surface area contributed by atoms with Crippen LogP contribution in [0.3, 0.4) is 0 Å². The van der Waals surface area contributed by atoms with Crippen LogP contribution in [-0.4, -0.2) is 242 Å². The van der Waals surface area contributed by atoms with Gasteiger partial charge in [0.15, 0.2) is 5.72 Å². The van der Waals surface area contributed by atoms with E-state index in [1.807, 2.05) is 129 Å². The lowest BCUT2D eigenvalue weighted by molar-refractivity contribution is -0.163. The van der Waals surface area contributed by atoms with Crippen molar-refractivity contribution >= 4 is 94.1 Å². The summed E-state index contributed by atoms with van der Waals surface area (Å²) in [5.41, 5.74) is 5.00. The number of aromatic nitrogens is 6. The number of carbonyl (C=O) groups is 9. The van der Waals surface area contributed by atoms with Gasteiger partial charge in [-0.15, -0.1) is 11.8 Å². The predicted molar refractivity (Wildman–Crippen MR) is 539 cm³/mol. The number of aromatic amines is 2. The summed E-state index contributed by atoms with van der Waals surface area (Å²) < 4.78 is 42.0. The Morgan fingerprint density at radius 1 is 0.711 bits per heavy atom. The van der Waals surface area contributed by atoms with Crippen LogP contribution in [0.25, 0.3) is 0 Å². The number of likely N-dealkylation sites (tertiary alicyclic amines) is 1. The SMILES string of the molecule is COc1cc2cc(c1Cl)N(C)C(=O)C[C@H](OC(=O)[C@@H](C)N(C)C(=O)CCSC1CC(=O)N(CC3CCC(C(=O)NCCOCCOCCNC(=O)c4ccc(CN(CCCCOc5cc(CN(Cc6ccccn6)Cc6ncc[nH]6)cc(CN(Cc6ccccn6)Cc6ncc[nH]6)c5)C(=O)C5(c6ccc(Cl)cc6)CCCCC5)cc4)CC3)C1=O)[C@]1(C)CC1[C@H](C)[C@@H]1C[C@@](O)(NC(=O)O1)[C@H](OC)/C=C/C=C(\C)C2. The molecular formula is C107H135Cl2N15O17S. The molecule has 6 aliphatic rings. The van der Waals surface area contributed by atoms with Crippen molar-refractivity contribution in [3.8, 4) is 11.5 Å². The van der Waals surface area contributed by atoms with Crippen molar-refractivity contribution in [2.45, 2.75) is 223 Å². The molecule has 2 saturated heterocycles. The number of ether oxygens (including phenoxy) is 7. The van der Waals surface area contributed by atoms with E-state index in [0.29, 0.717) is 139 Å². The monoisotopic (exact) mass is 2000 g/mol. The van der Waals surface area contributed by atoms with Crippen LogP contribution in [0.5, 0.6) is 11.5 Å². The molecule has 8 aromatic rings. The minimum absolute atomic E-state index is 0.0152. The van der Waals surface area contributed by atoms with Gasteiger partial charge in [-0.05, 0) is 196 Å². The zero-order chi connectivity index (χ0) is 100. The van der Waals surface area contributed by atoms with Crippen LogP contribution in [0.15, 0.2) is 176 Å². The summed E-state index contributed by atoms with van der Waals surface area (Å²) in [5.74, 6) is -0.368. The lowest BCUT2D eigenvalue weighted by atomic mass is 9.68. The van der Waals surface area contributed by atoms with Crippen molar-refractivity contribution in [2.24, 2.45) is 29.1 Å². The highest BCUT2D eigenvalue weighted by atomic mass is 35.5. The van der Waals surface area contributed by atoms with E-state index >= 15 is 4.79 Å². The van der Waals surface area contributed by atoms with Crippen molar-refractivity contribution in [1.29, 1.82) is 0 Å². The zero-order valence-electron chi connectivity index (χ0n) is 82.5. The summed E-state index contributed by atoms with van der Waals surface area (Å²) >= 11 is 14.6. The Bertz CT molecular complexity index is 5520. The Hall–Kier alpha value is -11.4. The third-order valence-corrected chi connectivity index (χ3v) is 30.4. The van der Waals surface area contributed by atoms with E-state index in [0.717, 1.165) is 94.3 Å². The molecule has 760 valence electrons. The molecule has 14 rings (SSSR count). The second kappa shape index (κ2) is 50.7. The summed E-state index contributed by atoms with van der Waals surface area (Å²) in [6.45, 7) is 13.8. The van der Waals surface area contributed by atoms with E-state index in [9.17, 15) is 43.5 Å². The first kappa shape index (κ1) is 106. The van der Waals surface area contributed by atoms with Gasteiger partial charge < -0.3 is 73.6 Å². The van der Waals surface area contributed by atoms with Gasteiger partial charge in [0, 0.05) is 164 Å². The topological polar surface area (TPSA) is 377 Å². The fourth-order valence-corrected chi connectivity index (χ4v) is 21.8. The number of fused-ring (bicyclic) bond motifs is 5. The maximum absolute atomic E-state index is 15.5. The van der Waals surface area contributed by atoms with Crippen LogP contribution in [0.4, 0.5) is 10.5 Å². The Morgan fingerprint density at radius 3 is 1.99 bits per heavy atom. The summed E-state index contributed by atoms with van der Waals surface area (Å²) in [5, 5.41) is 20.7. The highest BCUT2D eigenvalue weighted by Gasteiger charge is 2.62. The standard InChI is InChI=1S/C107H135Cl2N15O17S/c1-71-19-18-22-91(136-8)107(134)62-89(140-104(133)118-107)72(2)86-61-105(86,4)92(60-96(126)120(6)87-57-76(53-71)58-88(135-7)98(87)109)141-102(131)73(3)119(5)95(125)35-52-142-90-59-97(127)124(101(90)130)66-75-25-29-80(30-26-75)100(129)117-45-49-138-51-50-137-48-44-116-99(128)79-27-23-74(24-28-79)65-123(103(132)106(36-12-9-13-37-106)81-31-33-82(108)34-32-81)46-16-17-47-139-85-55-77(63-121(69-93-112-40-41-113-93)67-83-20-10-14-38-110-83)54-78(56-85)64-122(70-94-114-42-43-115-94)68-84-21-11-15-39-111-84/h10-11,14-15,18-24,27-28,31-34,38-43,54-58,72-73,75,80,86,89-92,134H,9,12-13,16-17,25-26,29-30,35-37,44-53,59-70H2,1-8H3,(H,112,113)(H,114,115)(H,116,128)(H,117,129)(H,118,133)/b22-18+,71-19+/t72-,73+,75?,80?,86?,89-,90?,91+,92-,105+,107-/m0/s1. The van der Waals surface area contributed by atoms with Crippen LogP contribution < -0.4 is 30.3 Å². The third-order valence-electron chi connectivity index (χ3n) is 28.6. The first-order valence-electron chi connectivity index (χ1n) is 49.5. The van der Waals surface area contributed by atoms with Gasteiger partial charge in [0.05, 0.1) is 87.4 Å². The van der Waals surface area contributed by atoms with Crippen molar-refractivity contribution in [1.82, 2.24) is 70.4 Å². The van der Waals surface area contributed by atoms with E-state index in [1.165, 1.54) is 54.7 Å². The number of alkyl carbamates (subject to hydrolysis) is 1. The largest absolute Gasteiger partial charge is 0.495 e. The highest BCUT2D eigenvalue weighted by Crippen LogP contribution is 2.62. The number of H-pyrrole nitrogens is 2. The minimum atomic E-state index is -1.85. The number of methoxy groups -OCH3 is 2. The highest BCUT2D eigenvalue weighted by molar-refractivity contribution is 8.00. The van der Waals surface area contributed by atoms with Crippen LogP contribution in [-0.2, 0) is 115 Å². The smallest absolute Gasteiger partial charge is 0.409 e. The molecule has 6 N–H and O–H groups in total. The van der Waals surface area contributed by atoms with Crippen molar-refractivity contribution in [3.05, 3.63) is 243 Å². The lowest BCUT2D eigenvalue weighted by Crippen LogP contribution is -2.63. The van der Waals surface area contributed by atoms with Gasteiger partial charge in [-0.3, -0.25) is 63.5 Å². The van der Waals surface area contributed by atoms with Gasteiger partial charge in [-0.1, -0.05) is 123 Å². The quantitative estimate of drug-likeness (QED) is 0.0117. The van der Waals surface area contributed by atoms with Crippen molar-refractivity contribution < 1.29 is 81.4 Å². The molecule has 9 atom stereocenters. The fourth-order valence-electron chi connectivity index (χ4n) is 20.3. The van der Waals surface area contributed by atoms with Gasteiger partial charge >= 0.3 is 12.1 Å². The van der Waals surface area contributed by atoms with Gasteiger partial charge in [0.25, 0.3) is 5.91 Å². The van der Waals surface area contributed by atoms with Crippen LogP contribution >= 0.6 is 35.0 Å². The summed E-state index contributed by atoms with van der Waals surface area (Å²) in [6.07, 6.45) is 21.2. The zero-order valence-corrected chi connectivity index (χ0v) is 84.8. The number of likely N-dealkylation sites (N-methyl/N-ethyl adjacent to an activating group) is 1. The third kappa shape index (κ3) is 28.6. The maximum Gasteiger partial charge on any atom is 0.409 e. The molecule has 0 radical (unpaired) electrons. The molecule has 3 saturated carbocycles. The number of allylic oxidation sites excluding steroid dienone is 3. The number of imidazole rings is 2. The number of anilines is 1. The average Bonchev–Trinajstić information content (AvgIpc) is 1.56. The molecule has 7 heterocycles. The van der Waals surface area contributed by atoms with E-state index in [4.69, 9.17) is 56.4 Å². The first-order chi connectivity index (χ1) is 68.5. The Labute approximate surface area is 845 Å². The Morgan fingerprint density at radius 2 is 1.37 bits per heavy atom. The average molecular weight is 2010 g/mol. The van der Waals surface area contributed by atoms with Gasteiger partial charge in [-0.2, -0.15) is 0 Å². The molecule has 4 aromatic carbocycles. The van der Waals surface area contributed by atoms with E-state index in [-0.39, 0.29) is 123 Å². The molecule has 35 heteroatoms. The first-order valence-corrected chi connectivity index (χ1v) is 51.3. The number of pyridine rings is 2. The molecule has 142 heavy (non-hydrogen) atoms. The number of halogens is 2. The number of hydrogen-bond acceptors (Lipinski definition) is 24. The summed E-state index contributed by atoms with van der Waals surface area (Å²) in [6, 6.07) is 36.1. The van der Waals surface area contributed by atoms with E-state index in [2.05, 4.69) is 73.9 Å². The molecule has 2 unspecified atom stereocenters. The number of nitrogens with one attached hydrogen (secondary N) is 5. The number of unbranched alkanes of at least 4 members (excludes halogenated alkanes) is 1. The molecule has 32 nitrogen and oxygen atoms in total.